The van der Waals surface area contributed by atoms with Gasteiger partial charge in [-0.25, -0.2) is 4.39 Å². The van der Waals surface area contributed by atoms with Gasteiger partial charge >= 0.3 is 0 Å². The van der Waals surface area contributed by atoms with Crippen LogP contribution in [0.1, 0.15) is 15.9 Å². The number of carbonyl (C=O) groups excluding carboxylic acids is 1. The van der Waals surface area contributed by atoms with Crippen LogP contribution in [0, 0.1) is 17.1 Å². The number of benzene rings is 2. The van der Waals surface area contributed by atoms with Gasteiger partial charge in [0.15, 0.2) is 0 Å². The lowest BCUT2D eigenvalue weighted by molar-refractivity contribution is 0.0989. The van der Waals surface area contributed by atoms with Crippen LogP contribution in [0.4, 0.5) is 10.1 Å². The zero-order chi connectivity index (χ0) is 14.7. The number of anilines is 1. The van der Waals surface area contributed by atoms with Gasteiger partial charge in [-0.2, -0.15) is 5.26 Å². The third-order valence-electron chi connectivity index (χ3n) is 2.83. The van der Waals surface area contributed by atoms with E-state index in [-0.39, 0.29) is 5.56 Å². The maximum Gasteiger partial charge on any atom is 0.260 e. The minimum Gasteiger partial charge on any atom is -0.311 e. The van der Waals surface area contributed by atoms with Crippen LogP contribution in [-0.2, 0) is 0 Å². The summed E-state index contributed by atoms with van der Waals surface area (Å²) in [5.74, 6) is -1.06. The largest absolute Gasteiger partial charge is 0.311 e. The Hall–Kier alpha value is -2.19. The number of carbonyl (C=O) groups is 1. The zero-order valence-corrected chi connectivity index (χ0v) is 12.2. The van der Waals surface area contributed by atoms with Crippen LogP contribution in [-0.4, -0.2) is 13.0 Å². The Morgan fingerprint density at radius 3 is 2.70 bits per heavy atom. The van der Waals surface area contributed by atoms with Crippen molar-refractivity contribution < 1.29 is 9.18 Å². The van der Waals surface area contributed by atoms with Gasteiger partial charge < -0.3 is 4.90 Å². The van der Waals surface area contributed by atoms with Gasteiger partial charge in [0.05, 0.1) is 17.2 Å². The fourth-order valence-electron chi connectivity index (χ4n) is 1.74. The molecule has 0 aliphatic carbocycles. The van der Waals surface area contributed by atoms with E-state index < -0.39 is 11.7 Å². The number of halogens is 2. The van der Waals surface area contributed by atoms with Crippen molar-refractivity contribution in [1.82, 2.24) is 0 Å². The van der Waals surface area contributed by atoms with E-state index in [1.807, 2.05) is 6.07 Å². The van der Waals surface area contributed by atoms with E-state index in [0.717, 1.165) is 0 Å². The molecule has 2 rings (SSSR count). The van der Waals surface area contributed by atoms with Crippen molar-refractivity contribution in [3.05, 3.63) is 63.9 Å². The van der Waals surface area contributed by atoms with Gasteiger partial charge in [0, 0.05) is 17.2 Å². The normalized spacial score (nSPS) is 9.90. The summed E-state index contributed by atoms with van der Waals surface area (Å²) < 4.78 is 14.4. The molecule has 3 nitrogen and oxygen atoms in total. The Balaban J connectivity index is 2.35. The molecule has 0 aliphatic heterocycles. The number of hydrogen-bond acceptors (Lipinski definition) is 2. The molecule has 0 saturated heterocycles. The molecule has 0 spiro atoms. The van der Waals surface area contributed by atoms with Crippen molar-refractivity contribution in [2.75, 3.05) is 11.9 Å². The van der Waals surface area contributed by atoms with Gasteiger partial charge in [-0.3, -0.25) is 4.79 Å². The highest BCUT2D eigenvalue weighted by atomic mass is 79.9. The fraction of sp³-hybridized carbons (Fsp3) is 0.0667. The molecule has 0 fully saturated rings. The number of nitrogens with zero attached hydrogens (tertiary/aromatic N) is 2. The Morgan fingerprint density at radius 1 is 1.30 bits per heavy atom. The predicted molar refractivity (Wildman–Crippen MR) is 78.0 cm³/mol. The monoisotopic (exact) mass is 332 g/mol. The summed E-state index contributed by atoms with van der Waals surface area (Å²) in [5, 5.41) is 8.86. The van der Waals surface area contributed by atoms with Crippen LogP contribution in [0.15, 0.2) is 46.9 Å². The molecular formula is C15H10BrFN2O. The molecule has 1 amide bonds. The number of rotatable bonds is 2. The smallest absolute Gasteiger partial charge is 0.260 e. The summed E-state index contributed by atoms with van der Waals surface area (Å²) in [5.41, 5.74) is 0.966. The highest BCUT2D eigenvalue weighted by Crippen LogP contribution is 2.20. The van der Waals surface area contributed by atoms with E-state index >= 15 is 0 Å². The molecular weight excluding hydrogens is 323 g/mol. The first-order chi connectivity index (χ1) is 9.52. The summed E-state index contributed by atoms with van der Waals surface area (Å²) in [6, 6.07) is 12.9. The molecule has 0 bridgehead atoms. The van der Waals surface area contributed by atoms with Gasteiger partial charge in [0.2, 0.25) is 0 Å². The molecule has 0 atom stereocenters. The average Bonchev–Trinajstić information content (AvgIpc) is 2.46. The van der Waals surface area contributed by atoms with Crippen molar-refractivity contribution in [2.24, 2.45) is 0 Å². The lowest BCUT2D eigenvalue weighted by Crippen LogP contribution is -2.27. The third-order valence-corrected chi connectivity index (χ3v) is 3.32. The van der Waals surface area contributed by atoms with Crippen LogP contribution in [0.25, 0.3) is 0 Å². The SMILES string of the molecule is CN(C(=O)c1ccc(Br)cc1F)c1cccc(C#N)c1. The molecule has 20 heavy (non-hydrogen) atoms. The van der Waals surface area contributed by atoms with Crippen molar-refractivity contribution >= 4 is 27.5 Å². The lowest BCUT2D eigenvalue weighted by atomic mass is 10.1. The number of hydrogen-bond donors (Lipinski definition) is 0. The quantitative estimate of drug-likeness (QED) is 0.840. The Labute approximate surface area is 124 Å². The van der Waals surface area contributed by atoms with E-state index in [4.69, 9.17) is 5.26 Å². The van der Waals surface area contributed by atoms with Crippen molar-refractivity contribution in [1.29, 1.82) is 5.26 Å². The van der Waals surface area contributed by atoms with E-state index in [9.17, 15) is 9.18 Å². The standard InChI is InChI=1S/C15H10BrFN2O/c1-19(12-4-2-3-10(7-12)9-18)15(20)13-6-5-11(16)8-14(13)17/h2-8H,1H3. The molecule has 0 unspecified atom stereocenters. The number of amides is 1. The molecule has 0 aliphatic rings. The first-order valence-corrected chi connectivity index (χ1v) is 6.55. The van der Waals surface area contributed by atoms with Crippen molar-refractivity contribution in [3.8, 4) is 6.07 Å². The van der Waals surface area contributed by atoms with Gasteiger partial charge in [0.1, 0.15) is 5.82 Å². The highest BCUT2D eigenvalue weighted by Gasteiger charge is 2.17. The van der Waals surface area contributed by atoms with Crippen LogP contribution < -0.4 is 4.90 Å². The van der Waals surface area contributed by atoms with Gasteiger partial charge in [-0.15, -0.1) is 0 Å². The van der Waals surface area contributed by atoms with Crippen LogP contribution >= 0.6 is 15.9 Å². The summed E-state index contributed by atoms with van der Waals surface area (Å²) in [6.07, 6.45) is 0. The first kappa shape index (κ1) is 14.2. The van der Waals surface area contributed by atoms with Gasteiger partial charge in [-0.1, -0.05) is 22.0 Å². The molecule has 100 valence electrons. The van der Waals surface area contributed by atoms with E-state index in [0.29, 0.717) is 15.7 Å². The molecule has 0 heterocycles. The zero-order valence-electron chi connectivity index (χ0n) is 10.6. The Morgan fingerprint density at radius 2 is 2.05 bits per heavy atom. The van der Waals surface area contributed by atoms with Crippen LogP contribution in [0.3, 0.4) is 0 Å². The first-order valence-electron chi connectivity index (χ1n) is 5.76. The topological polar surface area (TPSA) is 44.1 Å². The highest BCUT2D eigenvalue weighted by molar-refractivity contribution is 9.10. The van der Waals surface area contributed by atoms with E-state index in [1.165, 1.54) is 17.0 Å². The summed E-state index contributed by atoms with van der Waals surface area (Å²) in [7, 11) is 1.54. The summed E-state index contributed by atoms with van der Waals surface area (Å²) in [6.45, 7) is 0. The minimum atomic E-state index is -0.590. The molecule has 2 aromatic rings. The summed E-state index contributed by atoms with van der Waals surface area (Å²) >= 11 is 3.15. The molecule has 0 saturated carbocycles. The van der Waals surface area contributed by atoms with E-state index in [2.05, 4.69) is 15.9 Å². The number of nitriles is 1. The Bertz CT molecular complexity index is 709. The maximum absolute atomic E-state index is 13.8. The lowest BCUT2D eigenvalue weighted by Gasteiger charge is -2.18. The second-order valence-electron chi connectivity index (χ2n) is 4.15. The van der Waals surface area contributed by atoms with Crippen LogP contribution in [0.2, 0.25) is 0 Å². The molecule has 2 aromatic carbocycles. The second kappa shape index (κ2) is 5.85. The average molecular weight is 333 g/mol. The minimum absolute atomic E-state index is 0.0157. The van der Waals surface area contributed by atoms with Crippen LogP contribution in [0.5, 0.6) is 0 Å². The molecule has 0 radical (unpaired) electrons. The van der Waals surface area contributed by atoms with Gasteiger partial charge in [-0.05, 0) is 36.4 Å². The van der Waals surface area contributed by atoms with Crippen molar-refractivity contribution in [3.63, 3.8) is 0 Å². The van der Waals surface area contributed by atoms with Crippen molar-refractivity contribution in [2.45, 2.75) is 0 Å². The summed E-state index contributed by atoms with van der Waals surface area (Å²) in [4.78, 5) is 13.6. The maximum atomic E-state index is 13.8. The third kappa shape index (κ3) is 2.86. The molecule has 0 aromatic heterocycles. The molecule has 0 N–H and O–H groups in total. The molecule has 5 heteroatoms. The Kier molecular flexibility index (Phi) is 4.16. The van der Waals surface area contributed by atoms with Gasteiger partial charge in [0.25, 0.3) is 5.91 Å². The van der Waals surface area contributed by atoms with E-state index in [1.54, 1.807) is 37.4 Å². The second-order valence-corrected chi connectivity index (χ2v) is 5.07. The fourth-order valence-corrected chi connectivity index (χ4v) is 2.08. The predicted octanol–water partition coefficient (Wildman–Crippen LogP) is 3.74.